The third-order valence-corrected chi connectivity index (χ3v) is 8.73. The molecule has 3 aromatic rings. The summed E-state index contributed by atoms with van der Waals surface area (Å²) < 4.78 is 47.2. The average Bonchev–Trinajstić information content (AvgIpc) is 3.46. The summed E-state index contributed by atoms with van der Waals surface area (Å²) in [5.74, 6) is 0.318. The number of hydroxylamine groups is 2. The minimum absolute atomic E-state index is 0.273. The molecule has 4 rings (SSSR count). The molecule has 0 aliphatic carbocycles. The van der Waals surface area contributed by atoms with Crippen molar-refractivity contribution in [2.45, 2.75) is 39.7 Å². The number of ether oxygens (including phenoxy) is 1. The van der Waals surface area contributed by atoms with Gasteiger partial charge in [0.25, 0.3) is 5.01 Å². The van der Waals surface area contributed by atoms with E-state index >= 15 is 0 Å². The molecule has 10 nitrogen and oxygen atoms in total. The number of carbonyl (C=O) groups excluding carboxylic acids is 1. The zero-order chi connectivity index (χ0) is 29.7. The van der Waals surface area contributed by atoms with Crippen LogP contribution in [0.15, 0.2) is 53.9 Å². The van der Waals surface area contributed by atoms with E-state index in [0.717, 1.165) is 26.5 Å². The second-order valence-corrected chi connectivity index (χ2v) is 12.3. The summed E-state index contributed by atoms with van der Waals surface area (Å²) in [6.07, 6.45) is 5.54. The summed E-state index contributed by atoms with van der Waals surface area (Å²) >= 11 is 11.5. The molecule has 0 saturated heterocycles. The van der Waals surface area contributed by atoms with E-state index in [1.165, 1.54) is 7.11 Å². The van der Waals surface area contributed by atoms with Crippen LogP contribution < -0.4 is 14.2 Å². The van der Waals surface area contributed by atoms with Crippen LogP contribution >= 0.6 is 35.8 Å². The smallest absolute Gasteiger partial charge is 0.305 e. The quantitative estimate of drug-likeness (QED) is 0.0690. The van der Waals surface area contributed by atoms with Crippen LogP contribution in [0.3, 0.4) is 0 Å². The summed E-state index contributed by atoms with van der Waals surface area (Å²) in [6.45, 7) is 5.15. The van der Waals surface area contributed by atoms with Gasteiger partial charge in [-0.2, -0.15) is 8.85 Å². The zero-order valence-electron chi connectivity index (χ0n) is 22.7. The van der Waals surface area contributed by atoms with Crippen molar-refractivity contribution in [2.75, 3.05) is 24.3 Å². The summed E-state index contributed by atoms with van der Waals surface area (Å²) in [5, 5.41) is 2.22. The van der Waals surface area contributed by atoms with Gasteiger partial charge in [-0.3, -0.25) is 4.79 Å². The Morgan fingerprint density at radius 1 is 1.24 bits per heavy atom. The highest BCUT2D eigenvalue weighted by atomic mass is 35.5. The molecule has 0 atom stereocenters. The lowest BCUT2D eigenvalue weighted by Crippen LogP contribution is -2.35. The highest BCUT2D eigenvalue weighted by Gasteiger charge is 2.28. The largest absolute Gasteiger partial charge is 0.748 e. The maximum absolute atomic E-state index is 12.7. The lowest BCUT2D eigenvalue weighted by atomic mass is 10.1. The maximum Gasteiger partial charge on any atom is 0.305 e. The van der Waals surface area contributed by atoms with Gasteiger partial charge in [0.2, 0.25) is 11.4 Å². The second kappa shape index (κ2) is 13.6. The molecule has 220 valence electrons. The molecule has 0 unspecified atom stereocenters. The molecular formula is C27H30ClN3O7S3. The van der Waals surface area contributed by atoms with Gasteiger partial charge in [0.05, 0.1) is 22.9 Å². The van der Waals surface area contributed by atoms with Crippen LogP contribution in [0.25, 0.3) is 16.3 Å². The molecule has 0 fully saturated rings. The van der Waals surface area contributed by atoms with E-state index in [-0.39, 0.29) is 6.42 Å². The van der Waals surface area contributed by atoms with E-state index < -0.39 is 21.8 Å². The standard InChI is InChI=1S/C27H30ClN3O7S3/c1-4-18(14-25-29(5-2)21-16-19(8-10-23(21)37-25)27(32)31(36-3)38-39)15-26-30(12-6-7-13-41(33,34)35)22-17-20(28)9-11-24(22)40-26/h8-11,14-17H,4-7,12-13H2,1-3H3,(H-,33,34,35,39). The summed E-state index contributed by atoms with van der Waals surface area (Å²) in [6, 6.07) is 10.7. The first-order valence-electron chi connectivity index (χ1n) is 12.9. The molecule has 0 radical (unpaired) electrons. The third-order valence-electron chi connectivity index (χ3n) is 6.44. The lowest BCUT2D eigenvalue weighted by molar-refractivity contribution is -0.669. The number of unbranched alkanes of at least 4 members (excludes halogenated alkanes) is 1. The van der Waals surface area contributed by atoms with Gasteiger partial charge in [0, 0.05) is 60.4 Å². The van der Waals surface area contributed by atoms with E-state index in [1.54, 1.807) is 29.5 Å². The van der Waals surface area contributed by atoms with Crippen molar-refractivity contribution >= 4 is 73.9 Å². The summed E-state index contributed by atoms with van der Waals surface area (Å²) in [4.78, 5) is 19.5. The van der Waals surface area contributed by atoms with Crippen LogP contribution in [-0.2, 0) is 25.8 Å². The third kappa shape index (κ3) is 7.41. The first-order chi connectivity index (χ1) is 19.6. The van der Waals surface area contributed by atoms with Crippen molar-refractivity contribution in [2.24, 2.45) is 0 Å². The van der Waals surface area contributed by atoms with Crippen LogP contribution in [0.2, 0.25) is 5.02 Å². The fourth-order valence-corrected chi connectivity index (χ4v) is 6.46. The number of hydrogen-bond donors (Lipinski definition) is 1. The van der Waals surface area contributed by atoms with Gasteiger partial charge >= 0.3 is 5.91 Å². The van der Waals surface area contributed by atoms with E-state index in [2.05, 4.69) is 27.8 Å². The first-order valence-corrected chi connectivity index (χ1v) is 16.0. The van der Waals surface area contributed by atoms with Crippen molar-refractivity contribution in [1.82, 2.24) is 5.23 Å². The van der Waals surface area contributed by atoms with Crippen LogP contribution in [0.1, 0.15) is 48.5 Å². The van der Waals surface area contributed by atoms with Crippen molar-refractivity contribution in [3.8, 4) is 5.75 Å². The Bertz CT molecular complexity index is 1600. The number of thiazole rings is 1. The molecular weight excluding hydrogens is 610 g/mol. The minimum atomic E-state index is -4.26. The molecule has 1 aromatic heterocycles. The molecule has 1 amide bonds. The minimum Gasteiger partial charge on any atom is -0.748 e. The van der Waals surface area contributed by atoms with Gasteiger partial charge in [-0.15, -0.1) is 0 Å². The van der Waals surface area contributed by atoms with E-state index in [0.29, 0.717) is 53.4 Å². The van der Waals surface area contributed by atoms with Gasteiger partial charge in [0.15, 0.2) is 12.3 Å². The Morgan fingerprint density at radius 2 is 2.02 bits per heavy atom. The lowest BCUT2D eigenvalue weighted by Gasteiger charge is -2.17. The fourth-order valence-electron chi connectivity index (χ4n) is 4.45. The molecule has 2 aromatic carbocycles. The summed E-state index contributed by atoms with van der Waals surface area (Å²) in [5.41, 5.74) is 3.00. The Hall–Kier alpha value is -2.65. The Balaban J connectivity index is 1.66. The van der Waals surface area contributed by atoms with Crippen molar-refractivity contribution in [1.29, 1.82) is 0 Å². The molecule has 0 saturated carbocycles. The number of fused-ring (bicyclic) bond motifs is 2. The van der Waals surface area contributed by atoms with Crippen LogP contribution in [-0.4, -0.2) is 43.5 Å². The number of aromatic nitrogens is 1. The number of halogens is 1. The molecule has 0 N–H and O–H groups in total. The highest BCUT2D eigenvalue weighted by Crippen LogP contribution is 2.40. The normalized spacial score (nSPS) is 14.5. The predicted octanol–water partition coefficient (Wildman–Crippen LogP) is 5.50. The van der Waals surface area contributed by atoms with Gasteiger partial charge in [-0.25, -0.2) is 13.3 Å². The predicted molar refractivity (Wildman–Crippen MR) is 161 cm³/mol. The Kier molecular flexibility index (Phi) is 10.3. The molecule has 0 spiro atoms. The number of allylic oxidation sites excluding steroid dienone is 2. The number of rotatable bonds is 12. The second-order valence-electron chi connectivity index (χ2n) is 9.08. The van der Waals surface area contributed by atoms with Crippen molar-refractivity contribution in [3.05, 3.63) is 69.5 Å². The van der Waals surface area contributed by atoms with E-state index in [1.807, 2.05) is 43.0 Å². The SMILES string of the molecule is CCC(=Cc1sc2ccc(Cl)cc2[n+]1CCCCS(=O)(=O)[O-])C=C1Oc2ccc(C(=O)N(OC)OS)cc2N1CC. The number of aryl methyl sites for hydroxylation is 1. The van der Waals surface area contributed by atoms with Crippen LogP contribution in [0, 0.1) is 0 Å². The fraction of sp³-hybridized carbons (Fsp3) is 0.333. The van der Waals surface area contributed by atoms with Crippen LogP contribution in [0.5, 0.6) is 5.75 Å². The number of carbonyl (C=O) groups is 1. The Morgan fingerprint density at radius 3 is 2.68 bits per heavy atom. The molecule has 14 heteroatoms. The molecule has 41 heavy (non-hydrogen) atoms. The van der Waals surface area contributed by atoms with Gasteiger partial charge in [-0.05, 0) is 55.7 Å². The van der Waals surface area contributed by atoms with Crippen LogP contribution in [0.4, 0.5) is 5.69 Å². The number of nitrogens with zero attached hydrogens (tertiary/aromatic N) is 3. The molecule has 1 aliphatic rings. The zero-order valence-corrected chi connectivity index (χ0v) is 26.0. The Labute approximate surface area is 253 Å². The van der Waals surface area contributed by atoms with E-state index in [9.17, 15) is 17.8 Å². The first kappa shape index (κ1) is 31.3. The van der Waals surface area contributed by atoms with Crippen molar-refractivity contribution in [3.63, 3.8) is 0 Å². The number of benzene rings is 2. The van der Waals surface area contributed by atoms with Crippen molar-refractivity contribution < 1.29 is 36.2 Å². The monoisotopic (exact) mass is 639 g/mol. The number of hydrogen-bond acceptors (Lipinski definition) is 10. The molecule has 2 heterocycles. The summed E-state index contributed by atoms with van der Waals surface area (Å²) in [7, 11) is -2.96. The maximum atomic E-state index is 12.7. The number of amides is 1. The average molecular weight is 640 g/mol. The number of anilines is 1. The van der Waals surface area contributed by atoms with Gasteiger partial charge < -0.3 is 14.2 Å². The topological polar surface area (TPSA) is 112 Å². The highest BCUT2D eigenvalue weighted by molar-refractivity contribution is 7.85. The van der Waals surface area contributed by atoms with Gasteiger partial charge in [0.1, 0.15) is 4.70 Å². The number of thiol groups is 1. The van der Waals surface area contributed by atoms with E-state index in [4.69, 9.17) is 21.2 Å². The molecule has 1 aliphatic heterocycles. The van der Waals surface area contributed by atoms with Gasteiger partial charge in [-0.1, -0.05) is 35.1 Å². The molecule has 0 bridgehead atoms.